The van der Waals surface area contributed by atoms with E-state index in [4.69, 9.17) is 14.6 Å². The molecule has 2 aromatic heterocycles. The van der Waals surface area contributed by atoms with Gasteiger partial charge in [-0.15, -0.1) is 0 Å². The lowest BCUT2D eigenvalue weighted by Gasteiger charge is -2.24. The zero-order valence-corrected chi connectivity index (χ0v) is 21.0. The molecule has 1 N–H and O–H groups in total. The molecular weight excluding hydrogens is 438 g/mol. The average molecular weight is 474 g/mol. The summed E-state index contributed by atoms with van der Waals surface area (Å²) >= 11 is 0. The minimum atomic E-state index is -0.809. The van der Waals surface area contributed by atoms with Crippen LogP contribution in [0.15, 0.2) is 53.2 Å². The Morgan fingerprint density at radius 3 is 2.66 bits per heavy atom. The van der Waals surface area contributed by atoms with Gasteiger partial charge >= 0.3 is 5.97 Å². The van der Waals surface area contributed by atoms with E-state index in [0.29, 0.717) is 24.2 Å². The topological polar surface area (TPSA) is 81.2 Å². The van der Waals surface area contributed by atoms with E-state index < -0.39 is 5.97 Å². The number of carboxylic acid groups (broad SMARTS) is 1. The van der Waals surface area contributed by atoms with Gasteiger partial charge in [0, 0.05) is 34.8 Å². The van der Waals surface area contributed by atoms with Gasteiger partial charge in [-0.3, -0.25) is 4.79 Å². The van der Waals surface area contributed by atoms with Gasteiger partial charge in [-0.2, -0.15) is 4.98 Å². The van der Waals surface area contributed by atoms with Crippen LogP contribution in [0.2, 0.25) is 0 Å². The number of carbonyl (C=O) groups is 1. The minimum Gasteiger partial charge on any atom is -0.481 e. The number of nitrogens with zero attached hydrogens (tertiary/aromatic N) is 3. The Morgan fingerprint density at radius 1 is 1.11 bits per heavy atom. The lowest BCUT2D eigenvalue weighted by Crippen LogP contribution is -2.07. The molecule has 1 aliphatic carbocycles. The molecule has 0 aliphatic heterocycles. The van der Waals surface area contributed by atoms with E-state index in [1.54, 1.807) is 0 Å². The van der Waals surface area contributed by atoms with Crippen LogP contribution in [0.1, 0.15) is 76.3 Å². The maximum absolute atomic E-state index is 11.0. The molecule has 184 valence electrons. The van der Waals surface area contributed by atoms with Crippen molar-refractivity contribution in [3.63, 3.8) is 0 Å². The van der Waals surface area contributed by atoms with Crippen LogP contribution in [-0.2, 0) is 17.8 Å². The molecule has 1 fully saturated rings. The number of hydrogen-bond acceptors (Lipinski definition) is 4. The molecule has 4 aromatic rings. The summed E-state index contributed by atoms with van der Waals surface area (Å²) in [6.07, 6.45) is 9.56. The molecule has 5 rings (SSSR count). The SMILES string of the molecule is CC.CCc1cc(-c2nc(-c3cccc4c3ccn4CCC(=O)O)no2)ccc1C1CCCCC1. The largest absolute Gasteiger partial charge is 0.481 e. The highest BCUT2D eigenvalue weighted by atomic mass is 16.5. The monoisotopic (exact) mass is 473 g/mol. The van der Waals surface area contributed by atoms with Gasteiger partial charge in [0.25, 0.3) is 5.89 Å². The molecule has 35 heavy (non-hydrogen) atoms. The number of carboxylic acids is 1. The van der Waals surface area contributed by atoms with E-state index in [2.05, 4.69) is 30.3 Å². The third kappa shape index (κ3) is 5.31. The van der Waals surface area contributed by atoms with Crippen molar-refractivity contribution in [2.24, 2.45) is 0 Å². The highest BCUT2D eigenvalue weighted by Crippen LogP contribution is 2.36. The van der Waals surface area contributed by atoms with Crippen molar-refractivity contribution in [2.75, 3.05) is 0 Å². The number of rotatable bonds is 7. The van der Waals surface area contributed by atoms with Gasteiger partial charge in [-0.05, 0) is 60.6 Å². The fourth-order valence-electron chi connectivity index (χ4n) is 5.14. The first kappa shape index (κ1) is 24.7. The van der Waals surface area contributed by atoms with Crippen molar-refractivity contribution >= 4 is 16.9 Å². The zero-order valence-electron chi connectivity index (χ0n) is 21.0. The minimum absolute atomic E-state index is 0.0803. The van der Waals surface area contributed by atoms with Crippen molar-refractivity contribution in [1.82, 2.24) is 14.7 Å². The van der Waals surface area contributed by atoms with Crippen LogP contribution in [0.25, 0.3) is 33.7 Å². The second-order valence-electron chi connectivity index (χ2n) is 8.92. The van der Waals surface area contributed by atoms with E-state index >= 15 is 0 Å². The van der Waals surface area contributed by atoms with Gasteiger partial charge in [0.05, 0.1) is 6.42 Å². The summed E-state index contributed by atoms with van der Waals surface area (Å²) in [5.41, 5.74) is 5.65. The second kappa shape index (κ2) is 11.3. The number of aromatic nitrogens is 3. The molecule has 2 aromatic carbocycles. The lowest BCUT2D eigenvalue weighted by atomic mass is 9.81. The van der Waals surface area contributed by atoms with Gasteiger partial charge in [-0.25, -0.2) is 0 Å². The van der Waals surface area contributed by atoms with Crippen LogP contribution in [-0.4, -0.2) is 25.8 Å². The van der Waals surface area contributed by atoms with Crippen molar-refractivity contribution in [3.05, 3.63) is 59.8 Å². The number of benzene rings is 2. The first-order valence-electron chi connectivity index (χ1n) is 12.9. The Kier molecular flexibility index (Phi) is 8.01. The summed E-state index contributed by atoms with van der Waals surface area (Å²) in [5, 5.41) is 14.3. The Balaban J connectivity index is 0.00000141. The molecule has 0 spiro atoms. The number of aryl methyl sites for hydroxylation is 2. The van der Waals surface area contributed by atoms with Crippen LogP contribution in [0.5, 0.6) is 0 Å². The molecule has 0 atom stereocenters. The van der Waals surface area contributed by atoms with Crippen LogP contribution in [0, 0.1) is 0 Å². The molecule has 0 radical (unpaired) electrons. The van der Waals surface area contributed by atoms with Gasteiger partial charge < -0.3 is 14.2 Å². The molecule has 0 unspecified atom stereocenters. The van der Waals surface area contributed by atoms with E-state index in [0.717, 1.165) is 28.5 Å². The zero-order chi connectivity index (χ0) is 24.8. The number of aliphatic carboxylic acids is 1. The molecule has 0 saturated heterocycles. The highest BCUT2D eigenvalue weighted by molar-refractivity contribution is 5.94. The Labute approximate surface area is 207 Å². The van der Waals surface area contributed by atoms with Crippen molar-refractivity contribution in [1.29, 1.82) is 0 Å². The molecular formula is C29H35N3O3. The van der Waals surface area contributed by atoms with Crippen LogP contribution < -0.4 is 0 Å². The fourth-order valence-corrected chi connectivity index (χ4v) is 5.14. The second-order valence-corrected chi connectivity index (χ2v) is 8.92. The molecule has 0 amide bonds. The molecule has 6 nitrogen and oxygen atoms in total. The summed E-state index contributed by atoms with van der Waals surface area (Å²) in [7, 11) is 0. The van der Waals surface area contributed by atoms with Gasteiger partial charge in [0.1, 0.15) is 0 Å². The molecule has 0 bridgehead atoms. The van der Waals surface area contributed by atoms with Gasteiger partial charge in [0.2, 0.25) is 5.82 Å². The van der Waals surface area contributed by atoms with Crippen molar-refractivity contribution in [2.45, 2.75) is 78.2 Å². The molecule has 1 aliphatic rings. The van der Waals surface area contributed by atoms with Crippen LogP contribution >= 0.6 is 0 Å². The summed E-state index contributed by atoms with van der Waals surface area (Å²) < 4.78 is 7.63. The molecule has 2 heterocycles. The summed E-state index contributed by atoms with van der Waals surface area (Å²) in [6.45, 7) is 6.63. The molecule has 1 saturated carbocycles. The first-order chi connectivity index (χ1) is 17.1. The predicted octanol–water partition coefficient (Wildman–Crippen LogP) is 7.47. The van der Waals surface area contributed by atoms with Crippen molar-refractivity contribution < 1.29 is 14.4 Å². The third-order valence-corrected chi connectivity index (χ3v) is 6.86. The van der Waals surface area contributed by atoms with Gasteiger partial charge in [-0.1, -0.05) is 63.4 Å². The highest BCUT2D eigenvalue weighted by Gasteiger charge is 2.20. The lowest BCUT2D eigenvalue weighted by molar-refractivity contribution is -0.137. The number of fused-ring (bicyclic) bond motifs is 1. The third-order valence-electron chi connectivity index (χ3n) is 6.86. The maximum Gasteiger partial charge on any atom is 0.305 e. The standard InChI is InChI=1S/C27H29N3O3.C2H6/c1-2-18-17-20(11-12-21(18)19-7-4-3-5-8-19)27-28-26(29-33-27)23-9-6-10-24-22(23)13-15-30(24)16-14-25(31)32;1-2/h6,9-13,15,17,19H,2-5,7-8,14,16H2,1H3,(H,31,32);1-2H3. The van der Waals surface area contributed by atoms with Crippen LogP contribution in [0.4, 0.5) is 0 Å². The van der Waals surface area contributed by atoms with Gasteiger partial charge in [0.15, 0.2) is 0 Å². The summed E-state index contributed by atoms with van der Waals surface area (Å²) in [6, 6.07) is 14.5. The predicted molar refractivity (Wildman–Crippen MR) is 139 cm³/mol. The van der Waals surface area contributed by atoms with E-state index in [1.165, 1.54) is 43.2 Å². The smallest absolute Gasteiger partial charge is 0.305 e. The maximum atomic E-state index is 11.0. The van der Waals surface area contributed by atoms with E-state index in [-0.39, 0.29) is 6.42 Å². The van der Waals surface area contributed by atoms with Crippen molar-refractivity contribution in [3.8, 4) is 22.8 Å². The summed E-state index contributed by atoms with van der Waals surface area (Å²) in [5.74, 6) is 0.929. The Morgan fingerprint density at radius 2 is 1.91 bits per heavy atom. The van der Waals surface area contributed by atoms with Crippen LogP contribution in [0.3, 0.4) is 0 Å². The first-order valence-corrected chi connectivity index (χ1v) is 12.9. The summed E-state index contributed by atoms with van der Waals surface area (Å²) in [4.78, 5) is 15.7. The van der Waals surface area contributed by atoms with E-state index in [9.17, 15) is 4.79 Å². The average Bonchev–Trinajstić information content (AvgIpc) is 3.56. The Hall–Kier alpha value is -3.41. The number of hydrogen-bond donors (Lipinski definition) is 1. The van der Waals surface area contributed by atoms with E-state index in [1.807, 2.05) is 48.9 Å². The molecule has 6 heteroatoms. The quantitative estimate of drug-likeness (QED) is 0.301. The fraction of sp³-hybridized carbons (Fsp3) is 0.414. The Bertz CT molecular complexity index is 1280. The normalized spacial score (nSPS) is 14.0.